The average molecular weight is 155 g/mol. The normalized spacial score (nSPS) is 35.5. The van der Waals surface area contributed by atoms with Crippen LogP contribution in [0.4, 0.5) is 0 Å². The summed E-state index contributed by atoms with van der Waals surface area (Å²) in [5.41, 5.74) is 0.883. The van der Waals surface area contributed by atoms with Gasteiger partial charge in [0.15, 0.2) is 12.4 Å². The number of aldehydes is 1. The Morgan fingerprint density at radius 2 is 2.55 bits per heavy atom. The summed E-state index contributed by atoms with van der Waals surface area (Å²) in [6.45, 7) is 1.23. The van der Waals surface area contributed by atoms with Gasteiger partial charge in [0, 0.05) is 6.61 Å². The van der Waals surface area contributed by atoms with Crippen LogP contribution < -0.4 is 0 Å². The van der Waals surface area contributed by atoms with E-state index in [-0.39, 0.29) is 12.0 Å². The fraction of sp³-hybridized carbons (Fsp3) is 0.714. The van der Waals surface area contributed by atoms with Crippen molar-refractivity contribution in [1.82, 2.24) is 0 Å². The monoisotopic (exact) mass is 155 g/mol. The molecule has 2 aliphatic heterocycles. The van der Waals surface area contributed by atoms with Gasteiger partial charge in [-0.15, -0.1) is 0 Å². The van der Waals surface area contributed by atoms with Crippen molar-refractivity contribution in [3.8, 4) is 0 Å². The predicted molar refractivity (Wildman–Crippen MR) is 37.3 cm³/mol. The topological polar surface area (TPSA) is 47.9 Å². The third kappa shape index (κ3) is 1.03. The Balaban J connectivity index is 2.11. The van der Waals surface area contributed by atoms with Crippen LogP contribution in [-0.4, -0.2) is 31.3 Å². The molecule has 2 heterocycles. The lowest BCUT2D eigenvalue weighted by Gasteiger charge is -2.18. The summed E-state index contributed by atoms with van der Waals surface area (Å²) in [6.07, 6.45) is 1.31. The zero-order chi connectivity index (χ0) is 7.68. The Kier molecular flexibility index (Phi) is 1.62. The number of hydrogen-bond acceptors (Lipinski definition) is 4. The zero-order valence-corrected chi connectivity index (χ0v) is 6.03. The highest BCUT2D eigenvalue weighted by Crippen LogP contribution is 2.23. The molecular weight excluding hydrogens is 146 g/mol. The van der Waals surface area contributed by atoms with Gasteiger partial charge < -0.3 is 9.57 Å². The van der Waals surface area contributed by atoms with Gasteiger partial charge in [-0.2, -0.15) is 0 Å². The van der Waals surface area contributed by atoms with Gasteiger partial charge in [-0.3, -0.25) is 4.79 Å². The van der Waals surface area contributed by atoms with Crippen LogP contribution in [0.1, 0.15) is 6.42 Å². The Hall–Kier alpha value is -0.900. The third-order valence-electron chi connectivity index (χ3n) is 2.07. The Morgan fingerprint density at radius 1 is 1.64 bits per heavy atom. The molecule has 0 saturated carbocycles. The van der Waals surface area contributed by atoms with Crippen LogP contribution in [0.15, 0.2) is 5.16 Å². The van der Waals surface area contributed by atoms with E-state index < -0.39 is 0 Å². The van der Waals surface area contributed by atoms with E-state index in [1.165, 1.54) is 0 Å². The smallest absolute Gasteiger partial charge is 0.190 e. The number of fused-ring (bicyclic) bond motifs is 1. The molecule has 2 unspecified atom stereocenters. The number of oxime groups is 1. The minimum absolute atomic E-state index is 0.182. The quantitative estimate of drug-likeness (QED) is 0.500. The first-order valence-corrected chi connectivity index (χ1v) is 3.67. The lowest BCUT2D eigenvalue weighted by molar-refractivity contribution is -0.118. The number of rotatable bonds is 1. The molecule has 0 amide bonds. The van der Waals surface area contributed by atoms with Crippen molar-refractivity contribution in [2.24, 2.45) is 11.1 Å². The van der Waals surface area contributed by atoms with Crippen LogP contribution in [0.3, 0.4) is 0 Å². The molecule has 4 heteroatoms. The van der Waals surface area contributed by atoms with Crippen LogP contribution >= 0.6 is 0 Å². The molecule has 4 nitrogen and oxygen atoms in total. The number of carbonyl (C=O) groups is 1. The summed E-state index contributed by atoms with van der Waals surface area (Å²) in [5, 5.41) is 3.77. The van der Waals surface area contributed by atoms with Crippen molar-refractivity contribution in [2.45, 2.75) is 12.5 Å². The molecule has 0 aromatic heterocycles. The summed E-state index contributed by atoms with van der Waals surface area (Å²) in [4.78, 5) is 15.3. The number of nitrogens with zero attached hydrogens (tertiary/aromatic N) is 1. The molecular formula is C7H9NO3. The van der Waals surface area contributed by atoms with Crippen molar-refractivity contribution in [2.75, 3.05) is 13.2 Å². The number of hydrogen-bond donors (Lipinski definition) is 0. The second-order valence-corrected chi connectivity index (χ2v) is 2.74. The SMILES string of the molecule is O=CC1ON=C2COCCC21. The fourth-order valence-corrected chi connectivity index (χ4v) is 1.43. The van der Waals surface area contributed by atoms with Gasteiger partial charge in [0.2, 0.25) is 0 Å². The van der Waals surface area contributed by atoms with Gasteiger partial charge in [0.1, 0.15) is 0 Å². The summed E-state index contributed by atoms with van der Waals surface area (Å²) in [7, 11) is 0. The lowest BCUT2D eigenvalue weighted by atomic mass is 9.94. The number of ether oxygens (including phenoxy) is 1. The molecule has 0 radical (unpaired) electrons. The molecule has 60 valence electrons. The highest BCUT2D eigenvalue weighted by molar-refractivity contribution is 5.92. The van der Waals surface area contributed by atoms with E-state index in [0.29, 0.717) is 13.2 Å². The standard InChI is InChI=1S/C7H9NO3/c9-3-7-5-1-2-10-4-6(5)8-11-7/h3,5,7H,1-2,4H2. The zero-order valence-electron chi connectivity index (χ0n) is 6.03. The van der Waals surface area contributed by atoms with Crippen molar-refractivity contribution in [3.63, 3.8) is 0 Å². The summed E-state index contributed by atoms with van der Waals surface area (Å²) in [5.74, 6) is 0.182. The highest BCUT2D eigenvalue weighted by atomic mass is 16.6. The lowest BCUT2D eigenvalue weighted by Crippen LogP contribution is -2.32. The molecule has 0 bridgehead atoms. The van der Waals surface area contributed by atoms with E-state index in [1.54, 1.807) is 0 Å². The maximum absolute atomic E-state index is 10.4. The van der Waals surface area contributed by atoms with Crippen LogP contribution in [0.2, 0.25) is 0 Å². The molecule has 1 fully saturated rings. The minimum Gasteiger partial charge on any atom is -0.384 e. The molecule has 2 aliphatic rings. The van der Waals surface area contributed by atoms with Gasteiger partial charge >= 0.3 is 0 Å². The average Bonchev–Trinajstić information content (AvgIpc) is 2.47. The summed E-state index contributed by atoms with van der Waals surface area (Å²) in [6, 6.07) is 0. The van der Waals surface area contributed by atoms with E-state index in [1.807, 2.05) is 0 Å². The van der Waals surface area contributed by atoms with Crippen LogP contribution in [0, 0.1) is 5.92 Å². The highest BCUT2D eigenvalue weighted by Gasteiger charge is 2.35. The van der Waals surface area contributed by atoms with Crippen LogP contribution in [0.5, 0.6) is 0 Å². The molecule has 0 N–H and O–H groups in total. The predicted octanol–water partition coefficient (Wildman–Crippen LogP) is -0.0234. The van der Waals surface area contributed by atoms with Gasteiger partial charge in [0.25, 0.3) is 0 Å². The molecule has 2 atom stereocenters. The van der Waals surface area contributed by atoms with Gasteiger partial charge in [-0.1, -0.05) is 5.16 Å². The molecule has 0 spiro atoms. The Morgan fingerprint density at radius 3 is 3.36 bits per heavy atom. The van der Waals surface area contributed by atoms with Crippen LogP contribution in [-0.2, 0) is 14.4 Å². The Bertz CT molecular complexity index is 202. The van der Waals surface area contributed by atoms with Crippen molar-refractivity contribution in [1.29, 1.82) is 0 Å². The second-order valence-electron chi connectivity index (χ2n) is 2.74. The fourth-order valence-electron chi connectivity index (χ4n) is 1.43. The van der Waals surface area contributed by atoms with Crippen molar-refractivity contribution in [3.05, 3.63) is 0 Å². The summed E-state index contributed by atoms with van der Waals surface area (Å²) >= 11 is 0. The maximum Gasteiger partial charge on any atom is 0.190 e. The molecule has 1 saturated heterocycles. The minimum atomic E-state index is -0.353. The number of carbonyl (C=O) groups excluding carboxylic acids is 1. The van der Waals surface area contributed by atoms with E-state index >= 15 is 0 Å². The first-order chi connectivity index (χ1) is 5.42. The largest absolute Gasteiger partial charge is 0.384 e. The van der Waals surface area contributed by atoms with E-state index in [2.05, 4.69) is 5.16 Å². The molecule has 11 heavy (non-hydrogen) atoms. The van der Waals surface area contributed by atoms with E-state index in [0.717, 1.165) is 18.4 Å². The molecule has 0 aromatic rings. The molecule has 0 aliphatic carbocycles. The van der Waals surface area contributed by atoms with Gasteiger partial charge in [-0.05, 0) is 6.42 Å². The molecule has 0 aromatic carbocycles. The summed E-state index contributed by atoms with van der Waals surface area (Å²) < 4.78 is 5.15. The molecule has 2 rings (SSSR count). The maximum atomic E-state index is 10.4. The van der Waals surface area contributed by atoms with Gasteiger partial charge in [0.05, 0.1) is 18.2 Å². The third-order valence-corrected chi connectivity index (χ3v) is 2.07. The van der Waals surface area contributed by atoms with Crippen molar-refractivity contribution >= 4 is 12.0 Å². The first kappa shape index (κ1) is 6.79. The van der Waals surface area contributed by atoms with E-state index in [9.17, 15) is 4.79 Å². The van der Waals surface area contributed by atoms with Crippen molar-refractivity contribution < 1.29 is 14.4 Å². The van der Waals surface area contributed by atoms with E-state index in [4.69, 9.17) is 9.57 Å². The van der Waals surface area contributed by atoms with Crippen LogP contribution in [0.25, 0.3) is 0 Å². The second kappa shape index (κ2) is 2.62. The first-order valence-electron chi connectivity index (χ1n) is 3.67. The Labute approximate surface area is 64.2 Å². The van der Waals surface area contributed by atoms with Gasteiger partial charge in [-0.25, -0.2) is 0 Å².